The van der Waals surface area contributed by atoms with E-state index in [1.807, 2.05) is 11.1 Å². The number of nitrogens with zero attached hydrogens (tertiary/aromatic N) is 4. The summed E-state index contributed by atoms with van der Waals surface area (Å²) in [6.07, 6.45) is 8.62. The van der Waals surface area contributed by atoms with Gasteiger partial charge in [0.05, 0.1) is 11.6 Å². The van der Waals surface area contributed by atoms with Crippen LogP contribution in [0.1, 0.15) is 53.3 Å². The Morgan fingerprint density at radius 3 is 2.52 bits per heavy atom. The SMILES string of the molecule is N#Cc1ccc(C(=O)N2CCC(c3nccn3CC3CC3)CC2)cc1. The summed E-state index contributed by atoms with van der Waals surface area (Å²) in [5.41, 5.74) is 1.24. The van der Waals surface area contributed by atoms with E-state index < -0.39 is 0 Å². The molecular formula is C20H22N4O. The third-order valence-corrected chi connectivity index (χ3v) is 5.31. The maximum absolute atomic E-state index is 12.6. The van der Waals surface area contributed by atoms with Crippen molar-refractivity contribution in [2.75, 3.05) is 13.1 Å². The number of hydrogen-bond acceptors (Lipinski definition) is 3. The topological polar surface area (TPSA) is 61.9 Å². The van der Waals surface area contributed by atoms with E-state index in [2.05, 4.69) is 21.8 Å². The predicted octanol–water partition coefficient (Wildman–Crippen LogP) is 3.18. The molecule has 2 aliphatic rings. The Balaban J connectivity index is 1.38. The van der Waals surface area contributed by atoms with Crippen LogP contribution in [0.2, 0.25) is 0 Å². The van der Waals surface area contributed by atoms with Gasteiger partial charge < -0.3 is 9.47 Å². The highest BCUT2D eigenvalue weighted by Gasteiger charge is 2.28. The summed E-state index contributed by atoms with van der Waals surface area (Å²) in [7, 11) is 0. The minimum Gasteiger partial charge on any atom is -0.339 e. The van der Waals surface area contributed by atoms with Crippen molar-refractivity contribution < 1.29 is 4.79 Å². The number of rotatable bonds is 4. The highest BCUT2D eigenvalue weighted by molar-refractivity contribution is 5.94. The average Bonchev–Trinajstić information content (AvgIpc) is 3.36. The first-order valence-electron chi connectivity index (χ1n) is 9.05. The van der Waals surface area contributed by atoms with Crippen LogP contribution in [-0.2, 0) is 6.54 Å². The number of nitriles is 1. The van der Waals surface area contributed by atoms with Crippen LogP contribution in [0, 0.1) is 17.2 Å². The molecule has 0 unspecified atom stereocenters. The van der Waals surface area contributed by atoms with Crippen molar-refractivity contribution in [3.8, 4) is 6.07 Å². The first-order valence-corrected chi connectivity index (χ1v) is 9.05. The molecule has 1 aromatic heterocycles. The standard InChI is InChI=1S/C20H22N4O/c21-13-15-3-5-18(6-4-15)20(25)23-10-7-17(8-11-23)19-22-9-12-24(19)14-16-1-2-16/h3-6,9,12,16-17H,1-2,7-8,10-11,14H2. The summed E-state index contributed by atoms with van der Waals surface area (Å²) in [4.78, 5) is 19.2. The monoisotopic (exact) mass is 334 g/mol. The number of piperidine rings is 1. The molecule has 0 radical (unpaired) electrons. The highest BCUT2D eigenvalue weighted by Crippen LogP contribution is 2.33. The van der Waals surface area contributed by atoms with Crippen LogP contribution in [0.25, 0.3) is 0 Å². The number of amides is 1. The Labute approximate surface area is 147 Å². The Morgan fingerprint density at radius 1 is 1.16 bits per heavy atom. The molecule has 128 valence electrons. The third-order valence-electron chi connectivity index (χ3n) is 5.31. The highest BCUT2D eigenvalue weighted by atomic mass is 16.2. The van der Waals surface area contributed by atoms with Crippen molar-refractivity contribution >= 4 is 5.91 Å². The molecule has 0 bridgehead atoms. The van der Waals surface area contributed by atoms with Gasteiger partial charge in [0.1, 0.15) is 5.82 Å². The lowest BCUT2D eigenvalue weighted by molar-refractivity contribution is 0.0710. The second-order valence-corrected chi connectivity index (χ2v) is 7.14. The summed E-state index contributed by atoms with van der Waals surface area (Å²) >= 11 is 0. The van der Waals surface area contributed by atoms with Crippen molar-refractivity contribution in [3.05, 3.63) is 53.6 Å². The Hall–Kier alpha value is -2.61. The molecule has 1 aliphatic heterocycles. The van der Waals surface area contributed by atoms with Gasteiger partial charge >= 0.3 is 0 Å². The van der Waals surface area contributed by atoms with E-state index in [0.29, 0.717) is 17.0 Å². The predicted molar refractivity (Wildman–Crippen MR) is 94.0 cm³/mol. The molecule has 1 aromatic carbocycles. The van der Waals surface area contributed by atoms with Gasteiger partial charge in [-0.3, -0.25) is 4.79 Å². The first kappa shape index (κ1) is 15.9. The Bertz CT molecular complexity index is 790. The number of aromatic nitrogens is 2. The molecule has 2 heterocycles. The fourth-order valence-electron chi connectivity index (χ4n) is 3.62. The van der Waals surface area contributed by atoms with Gasteiger partial charge in [-0.15, -0.1) is 0 Å². The summed E-state index contributed by atoms with van der Waals surface area (Å²) in [5.74, 6) is 2.53. The van der Waals surface area contributed by atoms with Gasteiger partial charge in [-0.2, -0.15) is 5.26 Å². The van der Waals surface area contributed by atoms with Gasteiger partial charge in [-0.1, -0.05) is 0 Å². The van der Waals surface area contributed by atoms with E-state index in [9.17, 15) is 4.79 Å². The van der Waals surface area contributed by atoms with Crippen molar-refractivity contribution in [3.63, 3.8) is 0 Å². The van der Waals surface area contributed by atoms with Crippen molar-refractivity contribution in [1.82, 2.24) is 14.5 Å². The molecule has 2 fully saturated rings. The molecule has 4 rings (SSSR count). The smallest absolute Gasteiger partial charge is 0.253 e. The summed E-state index contributed by atoms with van der Waals surface area (Å²) < 4.78 is 2.32. The van der Waals surface area contributed by atoms with Crippen LogP contribution in [-0.4, -0.2) is 33.4 Å². The summed E-state index contributed by atoms with van der Waals surface area (Å²) in [6, 6.07) is 8.98. The molecule has 2 aromatic rings. The van der Waals surface area contributed by atoms with E-state index in [-0.39, 0.29) is 5.91 Å². The number of imidazole rings is 1. The average molecular weight is 334 g/mol. The third kappa shape index (κ3) is 3.43. The molecule has 1 aliphatic carbocycles. The van der Waals surface area contributed by atoms with Crippen LogP contribution >= 0.6 is 0 Å². The zero-order chi connectivity index (χ0) is 17.2. The fourth-order valence-corrected chi connectivity index (χ4v) is 3.62. The van der Waals surface area contributed by atoms with Crippen LogP contribution in [0.5, 0.6) is 0 Å². The van der Waals surface area contributed by atoms with E-state index >= 15 is 0 Å². The van der Waals surface area contributed by atoms with Crippen LogP contribution in [0.3, 0.4) is 0 Å². The molecule has 0 N–H and O–H groups in total. The van der Waals surface area contributed by atoms with Crippen LogP contribution in [0.4, 0.5) is 0 Å². The minimum absolute atomic E-state index is 0.0595. The van der Waals surface area contributed by atoms with Gasteiger partial charge in [0.25, 0.3) is 5.91 Å². The van der Waals surface area contributed by atoms with Crippen molar-refractivity contribution in [2.24, 2.45) is 5.92 Å². The molecule has 0 spiro atoms. The quantitative estimate of drug-likeness (QED) is 0.863. The number of benzene rings is 1. The number of likely N-dealkylation sites (tertiary alicyclic amines) is 1. The molecule has 0 atom stereocenters. The first-order chi connectivity index (χ1) is 12.2. The van der Waals surface area contributed by atoms with E-state index in [4.69, 9.17) is 5.26 Å². The van der Waals surface area contributed by atoms with Crippen molar-refractivity contribution in [2.45, 2.75) is 38.1 Å². The van der Waals surface area contributed by atoms with Crippen LogP contribution < -0.4 is 0 Å². The van der Waals surface area contributed by atoms with E-state index in [0.717, 1.165) is 38.4 Å². The number of carbonyl (C=O) groups excluding carboxylic acids is 1. The van der Waals surface area contributed by atoms with Gasteiger partial charge in [0, 0.05) is 43.5 Å². The molecule has 25 heavy (non-hydrogen) atoms. The van der Waals surface area contributed by atoms with Gasteiger partial charge in [-0.25, -0.2) is 4.98 Å². The maximum Gasteiger partial charge on any atom is 0.253 e. The van der Waals surface area contributed by atoms with Crippen LogP contribution in [0.15, 0.2) is 36.7 Å². The lowest BCUT2D eigenvalue weighted by Crippen LogP contribution is -2.38. The van der Waals surface area contributed by atoms with Gasteiger partial charge in [-0.05, 0) is 55.9 Å². The Kier molecular flexibility index (Phi) is 4.27. The number of carbonyl (C=O) groups is 1. The van der Waals surface area contributed by atoms with E-state index in [1.165, 1.54) is 18.7 Å². The molecule has 1 saturated carbocycles. The van der Waals surface area contributed by atoms with E-state index in [1.54, 1.807) is 24.3 Å². The molecular weight excluding hydrogens is 312 g/mol. The second-order valence-electron chi connectivity index (χ2n) is 7.14. The fraction of sp³-hybridized carbons (Fsp3) is 0.450. The molecule has 1 saturated heterocycles. The largest absolute Gasteiger partial charge is 0.339 e. The molecule has 5 nitrogen and oxygen atoms in total. The maximum atomic E-state index is 12.6. The molecule has 1 amide bonds. The summed E-state index contributed by atoms with van der Waals surface area (Å²) in [5, 5.41) is 8.86. The second kappa shape index (κ2) is 6.72. The summed E-state index contributed by atoms with van der Waals surface area (Å²) in [6.45, 7) is 2.62. The van der Waals surface area contributed by atoms with Gasteiger partial charge in [0.2, 0.25) is 0 Å². The van der Waals surface area contributed by atoms with Gasteiger partial charge in [0.15, 0.2) is 0 Å². The Morgan fingerprint density at radius 2 is 1.88 bits per heavy atom. The number of hydrogen-bond donors (Lipinski definition) is 0. The normalized spacial score (nSPS) is 18.1. The lowest BCUT2D eigenvalue weighted by atomic mass is 9.95. The zero-order valence-electron chi connectivity index (χ0n) is 14.3. The minimum atomic E-state index is 0.0595. The lowest BCUT2D eigenvalue weighted by Gasteiger charge is -2.32. The molecule has 5 heteroatoms. The van der Waals surface area contributed by atoms with Crippen molar-refractivity contribution in [1.29, 1.82) is 5.26 Å². The zero-order valence-corrected chi connectivity index (χ0v) is 14.3.